The minimum atomic E-state index is -3.90. The van der Waals surface area contributed by atoms with Crippen molar-refractivity contribution >= 4 is 14.0 Å². The van der Waals surface area contributed by atoms with Crippen molar-refractivity contribution in [2.24, 2.45) is 0 Å². The lowest BCUT2D eigenvalue weighted by Crippen LogP contribution is -2.52. The Labute approximate surface area is 198 Å². The second-order valence-electron chi connectivity index (χ2n) is 8.54. The summed E-state index contributed by atoms with van der Waals surface area (Å²) in [6.45, 7) is 8.37. The van der Waals surface area contributed by atoms with E-state index < -0.39 is 30.6 Å². The van der Waals surface area contributed by atoms with Crippen LogP contribution in [-0.2, 0) is 15.0 Å². The number of rotatable bonds is 8. The molecule has 3 N–H and O–H groups in total. The first-order valence-corrected chi connectivity index (χ1v) is 12.0. The van der Waals surface area contributed by atoms with E-state index in [4.69, 9.17) is 4.98 Å². The van der Waals surface area contributed by atoms with Gasteiger partial charge in [0, 0.05) is 16.7 Å². The maximum absolute atomic E-state index is 13.7. The molecule has 3 rings (SSSR count). The summed E-state index contributed by atoms with van der Waals surface area (Å²) in [5.41, 5.74) is 0.152. The molecule has 3 aromatic rings. The zero-order valence-corrected chi connectivity index (χ0v) is 20.1. The van der Waals surface area contributed by atoms with Gasteiger partial charge in [-0.2, -0.15) is 0 Å². The molecule has 0 aliphatic rings. The van der Waals surface area contributed by atoms with Gasteiger partial charge in [0.2, 0.25) is 8.03 Å². The molecule has 0 spiro atoms. The predicted octanol–water partition coefficient (Wildman–Crippen LogP) is 5.36. The average Bonchev–Trinajstić information content (AvgIpc) is 2.79. The fourth-order valence-electron chi connectivity index (χ4n) is 4.18. The van der Waals surface area contributed by atoms with Crippen LogP contribution in [0.15, 0.2) is 73.3 Å². The van der Waals surface area contributed by atoms with Crippen molar-refractivity contribution in [2.75, 3.05) is 0 Å². The molecule has 2 aromatic carbocycles. The average molecular weight is 483 g/mol. The Morgan fingerprint density at radius 3 is 2.18 bits per heavy atom. The number of hydrogen-bond donors (Lipinski definition) is 3. The molecule has 0 saturated heterocycles. The third kappa shape index (κ3) is 4.23. The van der Waals surface area contributed by atoms with Gasteiger partial charge in [-0.15, -0.1) is 6.58 Å². The number of nitrogens with zero attached hydrogens (tertiary/aromatic N) is 1. The van der Waals surface area contributed by atoms with Crippen LogP contribution in [0.25, 0.3) is 22.5 Å². The highest BCUT2D eigenvalue weighted by Crippen LogP contribution is 2.53. The molecule has 0 amide bonds. The fraction of sp³-hybridized carbons (Fsp3) is 0.231. The Hall–Kier alpha value is -3.12. The van der Waals surface area contributed by atoms with Crippen molar-refractivity contribution in [3.63, 3.8) is 0 Å². The Kier molecular flexibility index (Phi) is 7.22. The van der Waals surface area contributed by atoms with E-state index in [0.717, 1.165) is 11.6 Å². The van der Waals surface area contributed by atoms with Crippen LogP contribution in [0.4, 0.5) is 4.39 Å². The number of carboxylic acid groups (broad SMARTS) is 1. The van der Waals surface area contributed by atoms with Crippen LogP contribution >= 0.6 is 8.03 Å². The Morgan fingerprint density at radius 2 is 1.71 bits per heavy atom. The van der Waals surface area contributed by atoms with E-state index in [0.29, 0.717) is 16.8 Å². The van der Waals surface area contributed by atoms with Crippen LogP contribution in [0.5, 0.6) is 0 Å². The van der Waals surface area contributed by atoms with Crippen molar-refractivity contribution in [3.8, 4) is 22.5 Å². The monoisotopic (exact) mass is 483 g/mol. The van der Waals surface area contributed by atoms with Gasteiger partial charge >= 0.3 is 5.97 Å². The molecule has 8 heteroatoms. The van der Waals surface area contributed by atoms with Gasteiger partial charge in [0.05, 0.1) is 11.4 Å². The third-order valence-electron chi connectivity index (χ3n) is 6.09. The number of carbonyl (C=O) groups is 1. The van der Waals surface area contributed by atoms with Crippen LogP contribution in [-0.4, -0.2) is 31.2 Å². The van der Waals surface area contributed by atoms with Crippen LogP contribution in [0.2, 0.25) is 0 Å². The summed E-state index contributed by atoms with van der Waals surface area (Å²) in [5, 5.41) is 19.2. The smallest absolute Gasteiger partial charge is 0.326 e. The van der Waals surface area contributed by atoms with Crippen LogP contribution < -0.4 is 0 Å². The Balaban J connectivity index is 2.50. The lowest BCUT2D eigenvalue weighted by atomic mass is 9.75. The quantitative estimate of drug-likeness (QED) is 0.294. The first-order valence-electron chi connectivity index (χ1n) is 10.7. The molecule has 0 fully saturated rings. The summed E-state index contributed by atoms with van der Waals surface area (Å²) in [6.07, 6.45) is 0.806. The molecular weight excluding hydrogens is 456 g/mol. The summed E-state index contributed by atoms with van der Waals surface area (Å²) in [4.78, 5) is 27.2. The van der Waals surface area contributed by atoms with E-state index in [9.17, 15) is 28.9 Å². The molecule has 1 heterocycles. The molecule has 3 atom stereocenters. The van der Waals surface area contributed by atoms with E-state index in [1.165, 1.54) is 31.2 Å². The number of pyridine rings is 1. The van der Waals surface area contributed by atoms with Gasteiger partial charge in [-0.05, 0) is 48.7 Å². The van der Waals surface area contributed by atoms with E-state index in [1.54, 1.807) is 6.07 Å². The highest BCUT2D eigenvalue weighted by molar-refractivity contribution is 7.42. The number of aliphatic carboxylic acids is 1. The van der Waals surface area contributed by atoms with Crippen molar-refractivity contribution in [1.29, 1.82) is 0 Å². The number of aromatic nitrogens is 1. The number of carboxylic acids is 1. The molecule has 0 aliphatic heterocycles. The number of aliphatic hydroxyl groups is 1. The maximum Gasteiger partial charge on any atom is 0.326 e. The highest BCUT2D eigenvalue weighted by atomic mass is 31.1. The van der Waals surface area contributed by atoms with Gasteiger partial charge in [-0.3, -0.25) is 9.36 Å². The van der Waals surface area contributed by atoms with E-state index in [-0.39, 0.29) is 17.2 Å². The van der Waals surface area contributed by atoms with Gasteiger partial charge in [-0.25, -0.2) is 9.37 Å². The maximum atomic E-state index is 13.7. The van der Waals surface area contributed by atoms with E-state index in [2.05, 4.69) is 6.58 Å². The second kappa shape index (κ2) is 9.63. The topological polar surface area (TPSA) is 108 Å². The van der Waals surface area contributed by atoms with Gasteiger partial charge in [0.15, 0.2) is 5.16 Å². The van der Waals surface area contributed by atoms with Gasteiger partial charge < -0.3 is 15.1 Å². The highest BCUT2D eigenvalue weighted by Gasteiger charge is 2.58. The molecule has 0 radical (unpaired) electrons. The van der Waals surface area contributed by atoms with Crippen LogP contribution in [0, 0.1) is 5.82 Å². The summed E-state index contributed by atoms with van der Waals surface area (Å²) >= 11 is 0. The van der Waals surface area contributed by atoms with Crippen molar-refractivity contribution in [1.82, 2.24) is 4.98 Å². The van der Waals surface area contributed by atoms with Crippen LogP contribution in [0.1, 0.15) is 37.8 Å². The van der Waals surface area contributed by atoms with E-state index in [1.807, 2.05) is 44.2 Å². The molecule has 0 bridgehead atoms. The van der Waals surface area contributed by atoms with Gasteiger partial charge in [0.25, 0.3) is 0 Å². The lowest BCUT2D eigenvalue weighted by Gasteiger charge is -2.40. The van der Waals surface area contributed by atoms with Crippen molar-refractivity contribution in [2.45, 2.75) is 37.4 Å². The zero-order chi connectivity index (χ0) is 25.3. The Morgan fingerprint density at radius 1 is 1.12 bits per heavy atom. The molecule has 3 unspecified atom stereocenters. The summed E-state index contributed by atoms with van der Waals surface area (Å²) in [6, 6.07) is 16.4. The molecule has 0 saturated carbocycles. The minimum Gasteiger partial charge on any atom is -0.480 e. The summed E-state index contributed by atoms with van der Waals surface area (Å²) in [7, 11) is -3.90. The van der Waals surface area contributed by atoms with Gasteiger partial charge in [-0.1, -0.05) is 50.3 Å². The fourth-order valence-corrected chi connectivity index (χ4v) is 5.08. The number of halogens is 1. The normalized spacial score (nSPS) is 15.9. The molecular formula is C26H27FNO5P. The zero-order valence-electron chi connectivity index (χ0n) is 19.1. The second-order valence-corrected chi connectivity index (χ2v) is 9.94. The first kappa shape index (κ1) is 25.5. The number of benzene rings is 2. The SMILES string of the molecule is C=CC(C(=O)O)([PH](=O)O)C(C)(O)c1c(C(C)C)cc(-c2ccccc2)nc1-c1ccc(F)cc1. The first-order chi connectivity index (χ1) is 16.0. The third-order valence-corrected chi connectivity index (χ3v) is 7.67. The van der Waals surface area contributed by atoms with Crippen molar-refractivity contribution in [3.05, 3.63) is 90.3 Å². The Bertz CT molecular complexity index is 1230. The summed E-state index contributed by atoms with van der Waals surface area (Å²) < 4.78 is 26.2. The molecule has 0 aliphatic carbocycles. The molecule has 34 heavy (non-hydrogen) atoms. The van der Waals surface area contributed by atoms with Crippen LogP contribution in [0.3, 0.4) is 0 Å². The molecule has 1 aromatic heterocycles. The van der Waals surface area contributed by atoms with Gasteiger partial charge in [0.1, 0.15) is 11.4 Å². The lowest BCUT2D eigenvalue weighted by molar-refractivity contribution is -0.145. The molecule has 6 nitrogen and oxygen atoms in total. The van der Waals surface area contributed by atoms with Crippen molar-refractivity contribution < 1.29 is 28.9 Å². The summed E-state index contributed by atoms with van der Waals surface area (Å²) in [5.74, 6) is -2.40. The van der Waals surface area contributed by atoms with E-state index >= 15 is 0 Å². The molecule has 178 valence electrons. The largest absolute Gasteiger partial charge is 0.480 e. The number of hydrogen-bond acceptors (Lipinski definition) is 4. The predicted molar refractivity (Wildman–Crippen MR) is 131 cm³/mol. The minimum absolute atomic E-state index is 0.0727. The standard InChI is InChI=1S/C26H27FNO5P/c1-5-26(24(29)30,34(32)33)25(4,31)22-20(16(2)3)15-21(17-9-7-6-8-10-17)28-23(22)18-11-13-19(27)14-12-18/h5-16,31,34H,1H2,2-4H3,(H,29,30)(H,32,33).